The third-order valence-electron chi connectivity index (χ3n) is 2.53. The van der Waals surface area contributed by atoms with Crippen LogP contribution in [0.4, 0.5) is 0 Å². The molecule has 1 rings (SSSR count). The molecule has 0 spiro atoms. The summed E-state index contributed by atoms with van der Waals surface area (Å²) >= 11 is 0. The van der Waals surface area contributed by atoms with Crippen molar-refractivity contribution in [3.05, 3.63) is 23.8 Å². The molecular weight excluding hydrogens is 228 g/mol. The molecule has 0 amide bonds. The first kappa shape index (κ1) is 14.8. The molecule has 1 aromatic carbocycles. The fourth-order valence-electron chi connectivity index (χ4n) is 1.98. The van der Waals surface area contributed by atoms with Crippen molar-refractivity contribution in [3.8, 4) is 11.5 Å². The highest BCUT2D eigenvalue weighted by atomic mass is 16.5. The van der Waals surface area contributed by atoms with E-state index in [1.54, 1.807) is 14.2 Å². The summed E-state index contributed by atoms with van der Waals surface area (Å²) in [6.07, 6.45) is 1.03. The van der Waals surface area contributed by atoms with Crippen LogP contribution in [0.3, 0.4) is 0 Å². The first-order valence-electron chi connectivity index (χ1n) is 6.24. The quantitative estimate of drug-likeness (QED) is 0.803. The van der Waals surface area contributed by atoms with Crippen molar-refractivity contribution in [1.82, 2.24) is 0 Å². The van der Waals surface area contributed by atoms with Gasteiger partial charge in [-0.2, -0.15) is 0 Å². The van der Waals surface area contributed by atoms with Gasteiger partial charge in [-0.3, -0.25) is 0 Å². The average Bonchev–Trinajstić information content (AvgIpc) is 2.26. The Labute approximate surface area is 110 Å². The molecule has 0 aromatic heterocycles. The standard InChI is InChI=1S/C15H24O3/c1-11(18-15(2,3)4)9-12-7-8-13(16-5)14(10-12)17-6/h7-8,10-11H,9H2,1-6H3. The molecule has 3 nitrogen and oxygen atoms in total. The van der Waals surface area contributed by atoms with Gasteiger partial charge in [-0.1, -0.05) is 6.07 Å². The van der Waals surface area contributed by atoms with Crippen LogP contribution in [0.2, 0.25) is 0 Å². The highest BCUT2D eigenvalue weighted by Crippen LogP contribution is 2.28. The summed E-state index contributed by atoms with van der Waals surface area (Å²) in [7, 11) is 3.29. The molecule has 0 fully saturated rings. The summed E-state index contributed by atoms with van der Waals surface area (Å²) in [6.45, 7) is 8.29. The Hall–Kier alpha value is -1.22. The molecule has 0 radical (unpaired) electrons. The molecule has 0 aliphatic heterocycles. The third-order valence-corrected chi connectivity index (χ3v) is 2.53. The van der Waals surface area contributed by atoms with Crippen LogP contribution in [0.25, 0.3) is 0 Å². The zero-order valence-corrected chi connectivity index (χ0v) is 12.2. The number of rotatable bonds is 5. The Balaban J connectivity index is 2.73. The second-order valence-corrected chi connectivity index (χ2v) is 5.43. The van der Waals surface area contributed by atoms with E-state index in [0.29, 0.717) is 0 Å². The van der Waals surface area contributed by atoms with Crippen molar-refractivity contribution in [3.63, 3.8) is 0 Å². The van der Waals surface area contributed by atoms with E-state index in [4.69, 9.17) is 14.2 Å². The maximum Gasteiger partial charge on any atom is 0.160 e. The fraction of sp³-hybridized carbons (Fsp3) is 0.600. The highest BCUT2D eigenvalue weighted by Gasteiger charge is 2.16. The van der Waals surface area contributed by atoms with Gasteiger partial charge in [0.25, 0.3) is 0 Å². The molecule has 1 aromatic rings. The van der Waals surface area contributed by atoms with Crippen LogP contribution in [-0.2, 0) is 11.2 Å². The summed E-state index contributed by atoms with van der Waals surface area (Å²) < 4.78 is 16.4. The number of methoxy groups -OCH3 is 2. The monoisotopic (exact) mass is 252 g/mol. The Morgan fingerprint density at radius 1 is 1.06 bits per heavy atom. The second-order valence-electron chi connectivity index (χ2n) is 5.43. The Morgan fingerprint density at radius 3 is 2.17 bits per heavy atom. The molecule has 1 atom stereocenters. The van der Waals surface area contributed by atoms with Crippen LogP contribution < -0.4 is 9.47 Å². The van der Waals surface area contributed by atoms with Crippen molar-refractivity contribution in [2.75, 3.05) is 14.2 Å². The summed E-state index contributed by atoms with van der Waals surface area (Å²) in [5.74, 6) is 1.52. The lowest BCUT2D eigenvalue weighted by Crippen LogP contribution is -2.26. The molecule has 1 unspecified atom stereocenters. The SMILES string of the molecule is COc1ccc(CC(C)OC(C)(C)C)cc1OC. The van der Waals surface area contributed by atoms with E-state index in [1.807, 2.05) is 18.2 Å². The van der Waals surface area contributed by atoms with E-state index < -0.39 is 0 Å². The van der Waals surface area contributed by atoms with E-state index in [0.717, 1.165) is 17.9 Å². The van der Waals surface area contributed by atoms with Gasteiger partial charge in [-0.15, -0.1) is 0 Å². The van der Waals surface area contributed by atoms with Gasteiger partial charge in [0.2, 0.25) is 0 Å². The summed E-state index contributed by atoms with van der Waals surface area (Å²) in [5, 5.41) is 0. The van der Waals surface area contributed by atoms with Crippen LogP contribution in [0.1, 0.15) is 33.3 Å². The maximum atomic E-state index is 5.90. The molecule has 0 aliphatic rings. The number of ether oxygens (including phenoxy) is 3. The van der Waals surface area contributed by atoms with Gasteiger partial charge in [0.05, 0.1) is 25.9 Å². The predicted octanol–water partition coefficient (Wildman–Crippen LogP) is 3.45. The largest absolute Gasteiger partial charge is 0.493 e. The Morgan fingerprint density at radius 2 is 1.67 bits per heavy atom. The van der Waals surface area contributed by atoms with Crippen molar-refractivity contribution in [1.29, 1.82) is 0 Å². The predicted molar refractivity (Wildman–Crippen MR) is 73.6 cm³/mol. The number of hydrogen-bond acceptors (Lipinski definition) is 3. The zero-order valence-electron chi connectivity index (χ0n) is 12.2. The minimum atomic E-state index is -0.115. The molecule has 0 heterocycles. The summed E-state index contributed by atoms with van der Waals surface area (Å²) in [6, 6.07) is 5.98. The smallest absolute Gasteiger partial charge is 0.160 e. The van der Waals surface area contributed by atoms with Gasteiger partial charge >= 0.3 is 0 Å². The molecule has 18 heavy (non-hydrogen) atoms. The maximum absolute atomic E-state index is 5.90. The van der Waals surface area contributed by atoms with Crippen LogP contribution in [0.5, 0.6) is 11.5 Å². The lowest BCUT2D eigenvalue weighted by atomic mass is 10.1. The first-order valence-corrected chi connectivity index (χ1v) is 6.24. The first-order chi connectivity index (χ1) is 8.35. The molecule has 0 bridgehead atoms. The second kappa shape index (κ2) is 6.10. The van der Waals surface area contributed by atoms with E-state index in [-0.39, 0.29) is 11.7 Å². The van der Waals surface area contributed by atoms with Gasteiger partial charge < -0.3 is 14.2 Å². The van der Waals surface area contributed by atoms with Gasteiger partial charge in [0.15, 0.2) is 11.5 Å². The minimum Gasteiger partial charge on any atom is -0.493 e. The van der Waals surface area contributed by atoms with E-state index in [1.165, 1.54) is 5.56 Å². The lowest BCUT2D eigenvalue weighted by molar-refractivity contribution is -0.0504. The molecular formula is C15H24O3. The number of hydrogen-bond donors (Lipinski definition) is 0. The van der Waals surface area contributed by atoms with E-state index in [2.05, 4.69) is 27.7 Å². The van der Waals surface area contributed by atoms with Gasteiger partial charge in [-0.25, -0.2) is 0 Å². The van der Waals surface area contributed by atoms with Crippen LogP contribution in [0, 0.1) is 0 Å². The Kier molecular flexibility index (Phi) is 5.03. The average molecular weight is 252 g/mol. The van der Waals surface area contributed by atoms with Crippen LogP contribution in [-0.4, -0.2) is 25.9 Å². The van der Waals surface area contributed by atoms with Crippen molar-refractivity contribution in [2.24, 2.45) is 0 Å². The fourth-order valence-corrected chi connectivity index (χ4v) is 1.98. The highest BCUT2D eigenvalue weighted by molar-refractivity contribution is 5.43. The molecule has 0 saturated carbocycles. The normalized spacial score (nSPS) is 13.2. The van der Waals surface area contributed by atoms with Gasteiger partial charge in [0, 0.05) is 0 Å². The lowest BCUT2D eigenvalue weighted by Gasteiger charge is -2.25. The third kappa shape index (κ3) is 4.57. The van der Waals surface area contributed by atoms with Gasteiger partial charge in [0.1, 0.15) is 0 Å². The molecule has 102 valence electrons. The number of benzene rings is 1. The molecule has 3 heteroatoms. The van der Waals surface area contributed by atoms with Crippen molar-refractivity contribution >= 4 is 0 Å². The van der Waals surface area contributed by atoms with E-state index >= 15 is 0 Å². The zero-order chi connectivity index (χ0) is 13.8. The van der Waals surface area contributed by atoms with Crippen LogP contribution in [0.15, 0.2) is 18.2 Å². The minimum absolute atomic E-state index is 0.115. The van der Waals surface area contributed by atoms with Crippen LogP contribution >= 0.6 is 0 Å². The molecule has 0 aliphatic carbocycles. The topological polar surface area (TPSA) is 27.7 Å². The van der Waals surface area contributed by atoms with Gasteiger partial charge in [-0.05, 0) is 51.8 Å². The molecule has 0 saturated heterocycles. The molecule has 0 N–H and O–H groups in total. The summed E-state index contributed by atoms with van der Waals surface area (Å²) in [5.41, 5.74) is 1.07. The van der Waals surface area contributed by atoms with E-state index in [9.17, 15) is 0 Å². The van der Waals surface area contributed by atoms with Crippen molar-refractivity contribution < 1.29 is 14.2 Å². The summed E-state index contributed by atoms with van der Waals surface area (Å²) in [4.78, 5) is 0. The Bertz CT molecular complexity index is 380. The van der Waals surface area contributed by atoms with Crippen molar-refractivity contribution in [2.45, 2.75) is 45.8 Å².